The summed E-state index contributed by atoms with van der Waals surface area (Å²) in [5, 5.41) is 3.26. The lowest BCUT2D eigenvalue weighted by Crippen LogP contribution is -2.32. The quantitative estimate of drug-likeness (QED) is 0.896. The van der Waals surface area contributed by atoms with E-state index in [1.807, 2.05) is 6.92 Å². The molecule has 0 radical (unpaired) electrons. The van der Waals surface area contributed by atoms with Crippen LogP contribution >= 0.6 is 11.6 Å². The second-order valence-corrected chi connectivity index (χ2v) is 4.60. The number of ether oxygens (including phenoxy) is 1. The zero-order valence-electron chi connectivity index (χ0n) is 9.65. The van der Waals surface area contributed by atoms with Gasteiger partial charge in [-0.05, 0) is 19.4 Å². The van der Waals surface area contributed by atoms with E-state index in [2.05, 4.69) is 10.3 Å². The van der Waals surface area contributed by atoms with Crippen LogP contribution in [0, 0.1) is 5.92 Å². The van der Waals surface area contributed by atoms with Gasteiger partial charge in [0.25, 0.3) is 5.91 Å². The average Bonchev–Trinajstić information content (AvgIpc) is 2.72. The van der Waals surface area contributed by atoms with Crippen molar-refractivity contribution < 1.29 is 9.53 Å². The summed E-state index contributed by atoms with van der Waals surface area (Å²) in [6, 6.07) is 1.62. The van der Waals surface area contributed by atoms with Gasteiger partial charge in [0.1, 0.15) is 0 Å². The van der Waals surface area contributed by atoms with Gasteiger partial charge >= 0.3 is 0 Å². The summed E-state index contributed by atoms with van der Waals surface area (Å²) in [4.78, 5) is 15.7. The molecule has 1 saturated heterocycles. The van der Waals surface area contributed by atoms with E-state index in [0.29, 0.717) is 23.0 Å². The standard InChI is InChI=1S/C12H15ClN2O2/c1-8-9(3-5-17-8)6-15-12(16)10-2-4-14-7-11(10)13/h2,4,7-9H,3,5-6H2,1H3,(H,15,16). The first kappa shape index (κ1) is 12.3. The molecule has 2 heterocycles. The molecular formula is C12H15ClN2O2. The molecule has 2 rings (SSSR count). The van der Waals surface area contributed by atoms with Crippen molar-refractivity contribution in [1.82, 2.24) is 10.3 Å². The van der Waals surface area contributed by atoms with Crippen LogP contribution in [0.5, 0.6) is 0 Å². The summed E-state index contributed by atoms with van der Waals surface area (Å²) in [7, 11) is 0. The average molecular weight is 255 g/mol. The summed E-state index contributed by atoms with van der Waals surface area (Å²) in [5.41, 5.74) is 0.466. The summed E-state index contributed by atoms with van der Waals surface area (Å²) in [5.74, 6) is 0.232. The van der Waals surface area contributed by atoms with Gasteiger partial charge in [0, 0.05) is 31.5 Å². The summed E-state index contributed by atoms with van der Waals surface area (Å²) >= 11 is 5.90. The molecule has 1 aromatic rings. The van der Waals surface area contributed by atoms with E-state index in [1.54, 1.807) is 12.3 Å². The number of halogens is 1. The van der Waals surface area contributed by atoms with Gasteiger partial charge in [-0.15, -0.1) is 0 Å². The van der Waals surface area contributed by atoms with E-state index in [4.69, 9.17) is 16.3 Å². The molecule has 1 aromatic heterocycles. The Morgan fingerprint density at radius 2 is 2.53 bits per heavy atom. The maximum atomic E-state index is 11.9. The number of hydrogen-bond donors (Lipinski definition) is 1. The molecule has 1 aliphatic heterocycles. The number of rotatable bonds is 3. The van der Waals surface area contributed by atoms with Gasteiger partial charge in [-0.1, -0.05) is 11.6 Å². The van der Waals surface area contributed by atoms with E-state index < -0.39 is 0 Å². The number of carbonyl (C=O) groups is 1. The monoisotopic (exact) mass is 254 g/mol. The highest BCUT2D eigenvalue weighted by Gasteiger charge is 2.24. The zero-order chi connectivity index (χ0) is 12.3. The minimum Gasteiger partial charge on any atom is -0.378 e. The zero-order valence-corrected chi connectivity index (χ0v) is 10.4. The maximum absolute atomic E-state index is 11.9. The second-order valence-electron chi connectivity index (χ2n) is 4.19. The topological polar surface area (TPSA) is 51.2 Å². The summed E-state index contributed by atoms with van der Waals surface area (Å²) < 4.78 is 5.44. The van der Waals surface area contributed by atoms with Crippen LogP contribution in [0.1, 0.15) is 23.7 Å². The number of nitrogens with one attached hydrogen (secondary N) is 1. The van der Waals surface area contributed by atoms with E-state index in [9.17, 15) is 4.79 Å². The van der Waals surface area contributed by atoms with Crippen LogP contribution < -0.4 is 5.32 Å². The molecule has 0 bridgehead atoms. The Balaban J connectivity index is 1.91. The fraction of sp³-hybridized carbons (Fsp3) is 0.500. The van der Waals surface area contributed by atoms with Crippen LogP contribution in [0.25, 0.3) is 0 Å². The van der Waals surface area contributed by atoms with Gasteiger partial charge in [0.15, 0.2) is 0 Å². The van der Waals surface area contributed by atoms with Crippen molar-refractivity contribution in [2.24, 2.45) is 5.92 Å². The molecule has 4 nitrogen and oxygen atoms in total. The second kappa shape index (κ2) is 5.47. The number of hydrogen-bond acceptors (Lipinski definition) is 3. The van der Waals surface area contributed by atoms with Crippen LogP contribution in [-0.4, -0.2) is 30.1 Å². The number of aromatic nitrogens is 1. The third kappa shape index (κ3) is 2.96. The number of nitrogens with zero attached hydrogens (tertiary/aromatic N) is 1. The lowest BCUT2D eigenvalue weighted by molar-refractivity contribution is 0.0907. The molecule has 2 unspecified atom stereocenters. The predicted octanol–water partition coefficient (Wildman–Crippen LogP) is 1.89. The van der Waals surface area contributed by atoms with E-state index in [-0.39, 0.29) is 12.0 Å². The molecule has 0 aliphatic carbocycles. The largest absolute Gasteiger partial charge is 0.378 e. The number of pyridine rings is 1. The summed E-state index contributed by atoms with van der Waals surface area (Å²) in [6.07, 6.45) is 4.23. The molecule has 5 heteroatoms. The van der Waals surface area contributed by atoms with Crippen LogP contribution in [0.3, 0.4) is 0 Å². The van der Waals surface area contributed by atoms with Crippen molar-refractivity contribution in [3.63, 3.8) is 0 Å². The minimum atomic E-state index is -0.156. The normalized spacial score (nSPS) is 23.6. The van der Waals surface area contributed by atoms with Crippen LogP contribution in [-0.2, 0) is 4.74 Å². The SMILES string of the molecule is CC1OCCC1CNC(=O)c1ccncc1Cl. The maximum Gasteiger partial charge on any atom is 0.252 e. The van der Waals surface area contributed by atoms with E-state index >= 15 is 0 Å². The van der Waals surface area contributed by atoms with Crippen molar-refractivity contribution in [3.05, 3.63) is 29.0 Å². The van der Waals surface area contributed by atoms with Gasteiger partial charge in [-0.2, -0.15) is 0 Å². The number of amides is 1. The highest BCUT2D eigenvalue weighted by atomic mass is 35.5. The fourth-order valence-electron chi connectivity index (χ4n) is 1.92. The van der Waals surface area contributed by atoms with E-state index in [1.165, 1.54) is 6.20 Å². The molecule has 1 amide bonds. The first-order valence-corrected chi connectivity index (χ1v) is 6.05. The Morgan fingerprint density at radius 3 is 3.18 bits per heavy atom. The summed E-state index contributed by atoms with van der Waals surface area (Å²) in [6.45, 7) is 3.43. The molecule has 0 saturated carbocycles. The lowest BCUT2D eigenvalue weighted by Gasteiger charge is -2.14. The lowest BCUT2D eigenvalue weighted by atomic mass is 10.0. The van der Waals surface area contributed by atoms with Gasteiger partial charge in [0.2, 0.25) is 0 Å². The van der Waals surface area contributed by atoms with E-state index in [0.717, 1.165) is 13.0 Å². The molecule has 0 aromatic carbocycles. The molecule has 92 valence electrons. The fourth-order valence-corrected chi connectivity index (χ4v) is 2.13. The third-order valence-electron chi connectivity index (χ3n) is 3.08. The first-order chi connectivity index (χ1) is 8.18. The molecule has 0 spiro atoms. The minimum absolute atomic E-state index is 0.156. The Bertz CT molecular complexity index is 411. The Hall–Kier alpha value is -1.13. The molecule has 1 aliphatic rings. The number of carbonyl (C=O) groups excluding carboxylic acids is 1. The van der Waals surface area contributed by atoms with Crippen molar-refractivity contribution in [3.8, 4) is 0 Å². The van der Waals surface area contributed by atoms with Gasteiger partial charge in [-0.25, -0.2) is 0 Å². The van der Waals surface area contributed by atoms with Crippen molar-refractivity contribution in [2.75, 3.05) is 13.2 Å². The first-order valence-electron chi connectivity index (χ1n) is 5.68. The van der Waals surface area contributed by atoms with Gasteiger partial charge in [0.05, 0.1) is 16.7 Å². The van der Waals surface area contributed by atoms with Gasteiger partial charge in [-0.3, -0.25) is 9.78 Å². The van der Waals surface area contributed by atoms with Crippen molar-refractivity contribution in [2.45, 2.75) is 19.4 Å². The smallest absolute Gasteiger partial charge is 0.252 e. The van der Waals surface area contributed by atoms with Crippen molar-refractivity contribution in [1.29, 1.82) is 0 Å². The Morgan fingerprint density at radius 1 is 1.71 bits per heavy atom. The molecular weight excluding hydrogens is 240 g/mol. The van der Waals surface area contributed by atoms with Crippen LogP contribution in [0.15, 0.2) is 18.5 Å². The molecule has 17 heavy (non-hydrogen) atoms. The molecule has 2 atom stereocenters. The molecule has 1 N–H and O–H groups in total. The highest BCUT2D eigenvalue weighted by molar-refractivity contribution is 6.33. The predicted molar refractivity (Wildman–Crippen MR) is 65.1 cm³/mol. The Kier molecular flexibility index (Phi) is 3.97. The molecule has 1 fully saturated rings. The van der Waals surface area contributed by atoms with Crippen LogP contribution in [0.4, 0.5) is 0 Å². The van der Waals surface area contributed by atoms with Crippen molar-refractivity contribution >= 4 is 17.5 Å². The van der Waals surface area contributed by atoms with Crippen LogP contribution in [0.2, 0.25) is 5.02 Å². The highest BCUT2D eigenvalue weighted by Crippen LogP contribution is 2.20. The van der Waals surface area contributed by atoms with Gasteiger partial charge < -0.3 is 10.1 Å². The Labute approximate surface area is 105 Å². The third-order valence-corrected chi connectivity index (χ3v) is 3.38.